The number of hydrogen-bond acceptors (Lipinski definition) is 8. The van der Waals surface area contributed by atoms with Crippen LogP contribution in [0.15, 0.2) is 78.4 Å². The number of anilines is 1. The average Bonchev–Trinajstić information content (AvgIpc) is 3.81. The summed E-state index contributed by atoms with van der Waals surface area (Å²) in [4.78, 5) is 36.4. The molecule has 7 rings (SSSR count). The van der Waals surface area contributed by atoms with Gasteiger partial charge in [0.1, 0.15) is 5.82 Å². The Morgan fingerprint density at radius 1 is 1.00 bits per heavy atom. The fourth-order valence-corrected chi connectivity index (χ4v) is 5.84. The number of nitrogens with zero attached hydrogens (tertiary/aromatic N) is 9. The highest BCUT2D eigenvalue weighted by Crippen LogP contribution is 2.34. The molecule has 1 aromatic carbocycles. The smallest absolute Gasteiger partial charge is 0.254 e. The van der Waals surface area contributed by atoms with E-state index in [-0.39, 0.29) is 22.5 Å². The molecule has 1 amide bonds. The first-order valence-corrected chi connectivity index (χ1v) is 14.9. The van der Waals surface area contributed by atoms with Crippen molar-refractivity contribution in [2.75, 3.05) is 5.32 Å². The minimum Gasteiger partial charge on any atom is -0.323 e. The third kappa shape index (κ3) is 5.51. The minimum absolute atomic E-state index is 0.110. The number of fused-ring (bicyclic) bond motifs is 4. The molecule has 1 aliphatic rings. The van der Waals surface area contributed by atoms with Crippen LogP contribution >= 0.6 is 23.2 Å². The van der Waals surface area contributed by atoms with Crippen LogP contribution in [0.5, 0.6) is 0 Å². The molecular formula is C30H25Cl2N11O2. The number of H-pyrrole nitrogens is 1. The fourth-order valence-electron chi connectivity index (χ4n) is 5.54. The Morgan fingerprint density at radius 2 is 1.89 bits per heavy atom. The van der Waals surface area contributed by atoms with Crippen molar-refractivity contribution in [1.82, 2.24) is 49.5 Å². The van der Waals surface area contributed by atoms with Crippen LogP contribution in [-0.2, 0) is 4.79 Å². The van der Waals surface area contributed by atoms with Gasteiger partial charge in [-0.15, -0.1) is 5.10 Å². The van der Waals surface area contributed by atoms with Gasteiger partial charge in [-0.2, -0.15) is 10.2 Å². The number of rotatable bonds is 4. The lowest BCUT2D eigenvalue weighted by molar-refractivity contribution is -0.119. The maximum atomic E-state index is 13.8. The molecule has 2 atom stereocenters. The van der Waals surface area contributed by atoms with Gasteiger partial charge >= 0.3 is 0 Å². The number of nitrogens with one attached hydrogen (secondary N) is 2. The predicted octanol–water partition coefficient (Wildman–Crippen LogP) is 5.12. The van der Waals surface area contributed by atoms with Crippen molar-refractivity contribution in [2.24, 2.45) is 5.92 Å². The number of aromatic amines is 1. The number of halogens is 2. The van der Waals surface area contributed by atoms with Crippen LogP contribution in [0.2, 0.25) is 10.2 Å². The van der Waals surface area contributed by atoms with Crippen molar-refractivity contribution >= 4 is 34.8 Å². The molecule has 0 radical (unpaired) electrons. The molecule has 0 saturated carbocycles. The van der Waals surface area contributed by atoms with Crippen molar-refractivity contribution in [3.8, 4) is 34.0 Å². The average molecular weight is 643 g/mol. The third-order valence-corrected chi connectivity index (χ3v) is 8.23. The second-order valence-corrected chi connectivity index (χ2v) is 11.6. The number of hydrogen-bond donors (Lipinski definition) is 2. The van der Waals surface area contributed by atoms with Crippen molar-refractivity contribution < 1.29 is 4.79 Å². The molecule has 45 heavy (non-hydrogen) atoms. The number of amides is 1. The van der Waals surface area contributed by atoms with Crippen molar-refractivity contribution in [3.63, 3.8) is 0 Å². The van der Waals surface area contributed by atoms with Crippen LogP contribution in [0.4, 0.5) is 5.69 Å². The molecular weight excluding hydrogens is 617 g/mol. The van der Waals surface area contributed by atoms with Gasteiger partial charge in [-0.25, -0.2) is 14.3 Å². The summed E-state index contributed by atoms with van der Waals surface area (Å²) >= 11 is 12.4. The molecule has 6 aromatic rings. The maximum absolute atomic E-state index is 13.8. The fraction of sp³-hybridized carbons (Fsp3) is 0.200. The van der Waals surface area contributed by atoms with Gasteiger partial charge in [0.15, 0.2) is 5.15 Å². The van der Waals surface area contributed by atoms with E-state index in [1.165, 1.54) is 17.1 Å². The monoisotopic (exact) mass is 641 g/mol. The lowest BCUT2D eigenvalue weighted by Crippen LogP contribution is -2.27. The van der Waals surface area contributed by atoms with E-state index >= 15 is 0 Å². The third-order valence-electron chi connectivity index (χ3n) is 7.82. The summed E-state index contributed by atoms with van der Waals surface area (Å²) in [6.07, 6.45) is 9.86. The SMILES string of the molecule is CC1CCCC(n2cnc(-c3cc(Cl)ccc3-n3cc(Cl)nn3)cc2=O)c2cc(ccn2)-c2c(cnn2-c2ccn[nH]2)NC1=O. The summed E-state index contributed by atoms with van der Waals surface area (Å²) in [5, 5.41) is 23.2. The van der Waals surface area contributed by atoms with Crippen molar-refractivity contribution in [1.29, 1.82) is 0 Å². The summed E-state index contributed by atoms with van der Waals surface area (Å²) in [7, 11) is 0. The van der Waals surface area contributed by atoms with Gasteiger partial charge in [-0.05, 0) is 43.2 Å². The van der Waals surface area contributed by atoms with E-state index in [1.54, 1.807) is 58.3 Å². The zero-order valence-corrected chi connectivity index (χ0v) is 25.3. The van der Waals surface area contributed by atoms with Crippen molar-refractivity contribution in [2.45, 2.75) is 32.2 Å². The summed E-state index contributed by atoms with van der Waals surface area (Å²) in [5.41, 5.74) is 3.98. The lowest BCUT2D eigenvalue weighted by atomic mass is 9.97. The van der Waals surface area contributed by atoms with Crippen LogP contribution in [-0.4, -0.2) is 55.4 Å². The van der Waals surface area contributed by atoms with Crippen LogP contribution < -0.4 is 10.9 Å². The van der Waals surface area contributed by atoms with Crippen LogP contribution in [0.25, 0.3) is 34.0 Å². The van der Waals surface area contributed by atoms with Gasteiger partial charge in [-0.3, -0.25) is 24.2 Å². The summed E-state index contributed by atoms with van der Waals surface area (Å²) < 4.78 is 4.76. The standard InChI is InChI=1S/C30H25Cl2N11O2/c1-17-3-2-4-25(22-11-18(7-9-33-22)29-23(37-30(17)45)14-36-43(29)27-8-10-35-39-27)41-16-34-21(13-28(41)44)20-12-19(31)5-6-24(20)42-15-26(32)38-40-42/h5-17,25H,2-4H2,1H3,(H,35,39)(H,37,45). The van der Waals surface area contributed by atoms with Gasteiger partial charge in [0.05, 0.1) is 59.4 Å². The number of benzene rings is 1. The number of carbonyl (C=O) groups excluding carboxylic acids is 1. The first kappa shape index (κ1) is 28.6. The predicted molar refractivity (Wildman–Crippen MR) is 168 cm³/mol. The Hall–Kier alpha value is -5.14. The number of pyridine rings is 1. The molecule has 6 heterocycles. The zero-order valence-electron chi connectivity index (χ0n) is 23.8. The van der Waals surface area contributed by atoms with E-state index < -0.39 is 6.04 Å². The molecule has 0 fully saturated rings. The zero-order chi connectivity index (χ0) is 31.1. The Bertz CT molecular complexity index is 2080. The number of carbonyl (C=O) groups is 1. The van der Waals surface area contributed by atoms with Gasteiger partial charge < -0.3 is 5.32 Å². The quantitative estimate of drug-likeness (QED) is 0.269. The molecule has 2 bridgehead atoms. The van der Waals surface area contributed by atoms with Gasteiger partial charge in [0.25, 0.3) is 5.56 Å². The van der Waals surface area contributed by atoms with E-state index in [0.717, 1.165) is 5.56 Å². The highest BCUT2D eigenvalue weighted by atomic mass is 35.5. The topological polar surface area (TPSA) is 154 Å². The number of aromatic nitrogens is 10. The molecule has 1 aliphatic heterocycles. The first-order chi connectivity index (χ1) is 21.9. The molecule has 15 heteroatoms. The van der Waals surface area contributed by atoms with Gasteiger partial charge in [0.2, 0.25) is 5.91 Å². The van der Waals surface area contributed by atoms with E-state index in [2.05, 4.69) is 35.9 Å². The van der Waals surface area contributed by atoms with Crippen LogP contribution in [0.3, 0.4) is 0 Å². The highest BCUT2D eigenvalue weighted by molar-refractivity contribution is 6.31. The van der Waals surface area contributed by atoms with Gasteiger partial charge in [0, 0.05) is 40.4 Å². The molecule has 0 saturated heterocycles. The Kier molecular flexibility index (Phi) is 7.47. The van der Waals surface area contributed by atoms with E-state index in [4.69, 9.17) is 28.2 Å². The minimum atomic E-state index is -0.450. The Balaban J connectivity index is 1.33. The molecule has 2 N–H and O–H groups in total. The summed E-state index contributed by atoms with van der Waals surface area (Å²) in [6.45, 7) is 1.89. The van der Waals surface area contributed by atoms with E-state index in [9.17, 15) is 9.59 Å². The van der Waals surface area contributed by atoms with E-state index in [1.807, 2.05) is 19.1 Å². The van der Waals surface area contributed by atoms with Crippen LogP contribution in [0, 0.1) is 5.92 Å². The van der Waals surface area contributed by atoms with Crippen molar-refractivity contribution in [3.05, 3.63) is 99.8 Å². The Labute approximate surface area is 265 Å². The van der Waals surface area contributed by atoms with E-state index in [0.29, 0.717) is 64.1 Å². The molecule has 5 aromatic heterocycles. The first-order valence-electron chi connectivity index (χ1n) is 14.2. The maximum Gasteiger partial charge on any atom is 0.254 e. The largest absolute Gasteiger partial charge is 0.323 e. The van der Waals surface area contributed by atoms with Gasteiger partial charge in [-0.1, -0.05) is 41.8 Å². The molecule has 0 aliphatic carbocycles. The lowest BCUT2D eigenvalue weighted by Gasteiger charge is -2.22. The second kappa shape index (κ2) is 11.7. The molecule has 0 spiro atoms. The Morgan fingerprint density at radius 3 is 2.67 bits per heavy atom. The molecule has 13 nitrogen and oxygen atoms in total. The molecule has 2 unspecified atom stereocenters. The second-order valence-electron chi connectivity index (χ2n) is 10.7. The highest BCUT2D eigenvalue weighted by Gasteiger charge is 2.25. The summed E-state index contributed by atoms with van der Waals surface area (Å²) in [5.74, 6) is 0.245. The normalized spacial score (nSPS) is 16.8. The molecule has 226 valence electrons. The van der Waals surface area contributed by atoms with Crippen LogP contribution in [0.1, 0.15) is 37.9 Å². The summed E-state index contributed by atoms with van der Waals surface area (Å²) in [6, 6.07) is 11.8.